The van der Waals surface area contributed by atoms with Crippen LogP contribution in [0.3, 0.4) is 0 Å². The molecule has 1 aromatic rings. The Morgan fingerprint density at radius 3 is 2.62 bits per heavy atom. The number of aromatic amines is 1. The summed E-state index contributed by atoms with van der Waals surface area (Å²) in [7, 11) is -2.42. The predicted molar refractivity (Wildman–Crippen MR) is 77.5 cm³/mol. The first-order chi connectivity index (χ1) is 9.79. The number of amides is 1. The minimum atomic E-state index is -4.02. The predicted octanol–water partition coefficient (Wildman–Crippen LogP) is 0.337. The van der Waals surface area contributed by atoms with Crippen LogP contribution >= 0.6 is 0 Å². The third kappa shape index (κ3) is 4.80. The van der Waals surface area contributed by atoms with Crippen LogP contribution < -0.4 is 10.5 Å². The van der Waals surface area contributed by atoms with Crippen molar-refractivity contribution in [1.29, 1.82) is 0 Å². The van der Waals surface area contributed by atoms with E-state index in [-0.39, 0.29) is 16.5 Å². The quantitative estimate of drug-likeness (QED) is 0.595. The Morgan fingerprint density at radius 1 is 1.43 bits per heavy atom. The summed E-state index contributed by atoms with van der Waals surface area (Å²) in [6, 6.07) is 0. The molecular weight excluding hydrogens is 296 g/mol. The number of unbranched alkanes of at least 4 members (excludes halogenated alkanes) is 1. The normalized spacial score (nSPS) is 11.9. The minimum absolute atomic E-state index is 0.144. The number of carbonyl (C=O) groups excluding carboxylic acids is 1. The zero-order chi connectivity index (χ0) is 16.0. The van der Waals surface area contributed by atoms with E-state index in [2.05, 4.69) is 15.5 Å². The first-order valence-electron chi connectivity index (χ1n) is 6.67. The lowest BCUT2D eigenvalue weighted by atomic mass is 10.1. The van der Waals surface area contributed by atoms with Crippen molar-refractivity contribution >= 4 is 15.9 Å². The third-order valence-corrected chi connectivity index (χ3v) is 3.87. The highest BCUT2D eigenvalue weighted by Gasteiger charge is 2.28. The summed E-state index contributed by atoms with van der Waals surface area (Å²) in [5.41, 5.74) is 0.148. The molecule has 0 aromatic carbocycles. The standard InChI is InChI=1S/C12H22N4O4S/c1-8(2)9-11(21(13,18)19)10(16-15-9)12(17)14-6-4-5-7-20-3/h8H,4-7H2,1-3H3,(H,14,17)(H,15,16)(H2,13,18,19). The molecule has 21 heavy (non-hydrogen) atoms. The van der Waals surface area contributed by atoms with E-state index in [1.807, 2.05) is 0 Å². The van der Waals surface area contributed by atoms with Crippen molar-refractivity contribution in [3.8, 4) is 0 Å². The van der Waals surface area contributed by atoms with Crippen molar-refractivity contribution in [2.75, 3.05) is 20.3 Å². The molecule has 0 fully saturated rings. The lowest BCUT2D eigenvalue weighted by molar-refractivity contribution is 0.0943. The topological polar surface area (TPSA) is 127 Å². The number of rotatable bonds is 8. The number of nitrogens with one attached hydrogen (secondary N) is 2. The fraction of sp³-hybridized carbons (Fsp3) is 0.667. The van der Waals surface area contributed by atoms with E-state index in [9.17, 15) is 13.2 Å². The van der Waals surface area contributed by atoms with Gasteiger partial charge in [-0.15, -0.1) is 0 Å². The van der Waals surface area contributed by atoms with Gasteiger partial charge < -0.3 is 10.1 Å². The van der Waals surface area contributed by atoms with Crippen LogP contribution in [0.15, 0.2) is 4.90 Å². The second-order valence-corrected chi connectivity index (χ2v) is 6.47. The first kappa shape index (κ1) is 17.6. The van der Waals surface area contributed by atoms with Crippen molar-refractivity contribution in [1.82, 2.24) is 15.5 Å². The molecular formula is C12H22N4O4S. The van der Waals surface area contributed by atoms with Gasteiger partial charge >= 0.3 is 0 Å². The monoisotopic (exact) mass is 318 g/mol. The molecule has 0 aliphatic rings. The molecule has 0 radical (unpaired) electrons. The lowest BCUT2D eigenvalue weighted by Crippen LogP contribution is -2.28. The van der Waals surface area contributed by atoms with Gasteiger partial charge in [0.05, 0.1) is 5.69 Å². The van der Waals surface area contributed by atoms with Crippen molar-refractivity contribution < 1.29 is 17.9 Å². The molecule has 0 atom stereocenters. The molecule has 9 heteroatoms. The number of nitrogens with zero attached hydrogens (tertiary/aromatic N) is 1. The summed E-state index contributed by atoms with van der Waals surface area (Å²) < 4.78 is 28.3. The van der Waals surface area contributed by atoms with Gasteiger partial charge in [0.25, 0.3) is 5.91 Å². The molecule has 0 aliphatic carbocycles. The van der Waals surface area contributed by atoms with E-state index < -0.39 is 15.9 Å². The highest BCUT2D eigenvalue weighted by molar-refractivity contribution is 7.89. The zero-order valence-electron chi connectivity index (χ0n) is 12.5. The Labute approximate surface area is 124 Å². The van der Waals surface area contributed by atoms with Gasteiger partial charge in [-0.25, -0.2) is 13.6 Å². The molecule has 120 valence electrons. The molecule has 1 heterocycles. The molecule has 0 spiro atoms. The molecule has 1 amide bonds. The number of ether oxygens (including phenoxy) is 1. The Morgan fingerprint density at radius 2 is 2.10 bits per heavy atom. The maximum Gasteiger partial charge on any atom is 0.273 e. The molecule has 4 N–H and O–H groups in total. The maximum absolute atomic E-state index is 12.0. The van der Waals surface area contributed by atoms with E-state index in [1.54, 1.807) is 21.0 Å². The number of nitrogens with two attached hydrogens (primary N) is 1. The minimum Gasteiger partial charge on any atom is -0.385 e. The van der Waals surface area contributed by atoms with Gasteiger partial charge in [-0.3, -0.25) is 9.89 Å². The van der Waals surface area contributed by atoms with Gasteiger partial charge in [-0.2, -0.15) is 5.10 Å². The van der Waals surface area contributed by atoms with E-state index in [1.165, 1.54) is 0 Å². The van der Waals surface area contributed by atoms with Gasteiger partial charge in [0.15, 0.2) is 5.69 Å². The highest BCUT2D eigenvalue weighted by atomic mass is 32.2. The molecule has 1 rings (SSSR count). The number of sulfonamides is 1. The Bertz CT molecular complexity index is 580. The van der Waals surface area contributed by atoms with Crippen molar-refractivity contribution in [3.63, 3.8) is 0 Å². The number of hydrogen-bond acceptors (Lipinski definition) is 5. The van der Waals surface area contributed by atoms with Crippen LogP contribution in [0.1, 0.15) is 48.8 Å². The summed E-state index contributed by atoms with van der Waals surface area (Å²) in [5, 5.41) is 14.2. The third-order valence-electron chi connectivity index (χ3n) is 2.89. The van der Waals surface area contributed by atoms with Crippen LogP contribution in [0.25, 0.3) is 0 Å². The Balaban J connectivity index is 2.85. The Kier molecular flexibility index (Phi) is 6.31. The van der Waals surface area contributed by atoms with Gasteiger partial charge in [-0.05, 0) is 18.8 Å². The summed E-state index contributed by atoms with van der Waals surface area (Å²) in [5.74, 6) is -0.700. The number of aromatic nitrogens is 2. The van der Waals surface area contributed by atoms with Crippen molar-refractivity contribution in [2.24, 2.45) is 5.14 Å². The number of hydrogen-bond donors (Lipinski definition) is 3. The SMILES string of the molecule is COCCCCNC(=O)c1n[nH]c(C(C)C)c1S(N)(=O)=O. The summed E-state index contributed by atoms with van der Waals surface area (Å²) in [4.78, 5) is 11.8. The van der Waals surface area contributed by atoms with Crippen LogP contribution in [0, 0.1) is 0 Å². The smallest absolute Gasteiger partial charge is 0.273 e. The largest absolute Gasteiger partial charge is 0.385 e. The van der Waals surface area contributed by atoms with E-state index in [0.29, 0.717) is 18.8 Å². The molecule has 0 saturated carbocycles. The number of primary sulfonamides is 1. The van der Waals surface area contributed by atoms with Gasteiger partial charge in [0, 0.05) is 20.3 Å². The highest BCUT2D eigenvalue weighted by Crippen LogP contribution is 2.23. The molecule has 0 aliphatic heterocycles. The second kappa shape index (κ2) is 7.53. The van der Waals surface area contributed by atoms with Gasteiger partial charge in [0.1, 0.15) is 4.90 Å². The second-order valence-electron chi connectivity index (χ2n) is 4.97. The molecule has 0 saturated heterocycles. The molecule has 0 bridgehead atoms. The number of H-pyrrole nitrogens is 1. The van der Waals surface area contributed by atoms with Gasteiger partial charge in [-0.1, -0.05) is 13.8 Å². The Hall–Kier alpha value is -1.45. The lowest BCUT2D eigenvalue weighted by Gasteiger charge is -2.07. The van der Waals surface area contributed by atoms with E-state index in [0.717, 1.165) is 12.8 Å². The van der Waals surface area contributed by atoms with Crippen LogP contribution in [-0.4, -0.2) is 44.8 Å². The molecule has 8 nitrogen and oxygen atoms in total. The fourth-order valence-corrected chi connectivity index (χ4v) is 2.83. The van der Waals surface area contributed by atoms with E-state index >= 15 is 0 Å². The van der Waals surface area contributed by atoms with Crippen molar-refractivity contribution in [3.05, 3.63) is 11.4 Å². The van der Waals surface area contributed by atoms with E-state index in [4.69, 9.17) is 9.88 Å². The zero-order valence-corrected chi connectivity index (χ0v) is 13.3. The summed E-state index contributed by atoms with van der Waals surface area (Å²) in [6.07, 6.45) is 1.53. The number of carbonyl (C=O) groups is 1. The first-order valence-corrected chi connectivity index (χ1v) is 8.21. The molecule has 0 unspecified atom stereocenters. The summed E-state index contributed by atoms with van der Waals surface area (Å²) >= 11 is 0. The van der Waals surface area contributed by atoms with Crippen molar-refractivity contribution in [2.45, 2.75) is 37.5 Å². The summed E-state index contributed by atoms with van der Waals surface area (Å²) in [6.45, 7) is 4.59. The maximum atomic E-state index is 12.0. The average molecular weight is 318 g/mol. The van der Waals surface area contributed by atoms with Crippen LogP contribution in [0.2, 0.25) is 0 Å². The van der Waals surface area contributed by atoms with Gasteiger partial charge in [0.2, 0.25) is 10.0 Å². The molecule has 1 aromatic heterocycles. The average Bonchev–Trinajstić information content (AvgIpc) is 2.83. The number of methoxy groups -OCH3 is 1. The van der Waals surface area contributed by atoms with Crippen LogP contribution in [0.5, 0.6) is 0 Å². The fourth-order valence-electron chi connectivity index (χ4n) is 1.84. The van der Waals surface area contributed by atoms with Crippen LogP contribution in [-0.2, 0) is 14.8 Å². The van der Waals surface area contributed by atoms with Crippen LogP contribution in [0.4, 0.5) is 0 Å².